The van der Waals surface area contributed by atoms with Crippen molar-refractivity contribution in [3.8, 4) is 0 Å². The van der Waals surface area contributed by atoms with Crippen molar-refractivity contribution in [2.24, 2.45) is 16.5 Å². The highest BCUT2D eigenvalue weighted by Crippen LogP contribution is 2.29. The molecule has 0 radical (unpaired) electrons. The van der Waals surface area contributed by atoms with Crippen LogP contribution in [0.25, 0.3) is 0 Å². The van der Waals surface area contributed by atoms with Crippen molar-refractivity contribution in [3.63, 3.8) is 0 Å². The summed E-state index contributed by atoms with van der Waals surface area (Å²) in [6.07, 6.45) is 0. The van der Waals surface area contributed by atoms with Crippen LogP contribution in [0.15, 0.2) is 21.6 Å². The van der Waals surface area contributed by atoms with Crippen LogP contribution in [0, 0.1) is 5.82 Å². The van der Waals surface area contributed by atoms with Crippen LogP contribution in [0.1, 0.15) is 0 Å². The number of guanidine groups is 1. The molecule has 0 aliphatic rings. The first kappa shape index (κ1) is 10.3. The van der Waals surface area contributed by atoms with Gasteiger partial charge in [-0.25, -0.2) is 9.38 Å². The number of halogens is 3. The Bertz CT molecular complexity index is 363. The molecule has 0 spiro atoms. The third kappa shape index (κ3) is 2.57. The van der Waals surface area contributed by atoms with Gasteiger partial charge in [-0.15, -0.1) is 0 Å². The average molecular weight is 267 g/mol. The molecule has 0 fully saturated rings. The van der Waals surface area contributed by atoms with Crippen molar-refractivity contribution >= 4 is 39.2 Å². The highest BCUT2D eigenvalue weighted by atomic mass is 79.9. The molecule has 0 bridgehead atoms. The predicted octanol–water partition coefficient (Wildman–Crippen LogP) is 2.15. The highest BCUT2D eigenvalue weighted by molar-refractivity contribution is 9.10. The molecule has 1 aromatic rings. The molecule has 1 rings (SSSR count). The lowest BCUT2D eigenvalue weighted by molar-refractivity contribution is 0.629. The Morgan fingerprint density at radius 3 is 2.62 bits per heavy atom. The van der Waals surface area contributed by atoms with E-state index >= 15 is 0 Å². The number of benzene rings is 1. The standard InChI is InChI=1S/C7H6BrClFN3/c8-3-1-5(10)6(2-4(3)9)13-7(11)12/h1-2H,(H4,11,12,13). The van der Waals surface area contributed by atoms with Crippen LogP contribution < -0.4 is 11.5 Å². The zero-order valence-electron chi connectivity index (χ0n) is 6.39. The number of nitrogens with zero attached hydrogens (tertiary/aromatic N) is 1. The molecule has 0 heterocycles. The van der Waals surface area contributed by atoms with Gasteiger partial charge in [0.1, 0.15) is 11.5 Å². The van der Waals surface area contributed by atoms with Gasteiger partial charge in [-0.3, -0.25) is 0 Å². The maximum absolute atomic E-state index is 13.1. The van der Waals surface area contributed by atoms with Gasteiger partial charge in [0.05, 0.1) is 5.02 Å². The predicted molar refractivity (Wildman–Crippen MR) is 54.6 cm³/mol. The minimum absolute atomic E-state index is 0.0215. The first-order valence-corrected chi connectivity index (χ1v) is 4.42. The van der Waals surface area contributed by atoms with E-state index in [-0.39, 0.29) is 11.6 Å². The number of hydrogen-bond donors (Lipinski definition) is 2. The Balaban J connectivity index is 3.24. The molecule has 0 aliphatic carbocycles. The molecule has 0 saturated carbocycles. The lowest BCUT2D eigenvalue weighted by Gasteiger charge is -2.00. The van der Waals surface area contributed by atoms with Crippen LogP contribution in [0.4, 0.5) is 10.1 Å². The van der Waals surface area contributed by atoms with Crippen LogP contribution in [-0.2, 0) is 0 Å². The molecule has 1 aromatic carbocycles. The molecular weight excluding hydrogens is 260 g/mol. The van der Waals surface area contributed by atoms with Crippen LogP contribution in [0.2, 0.25) is 5.02 Å². The SMILES string of the molecule is NC(N)=Nc1cc(Cl)c(Br)cc1F. The molecular formula is C7H6BrClFN3. The topological polar surface area (TPSA) is 64.4 Å². The Morgan fingerprint density at radius 2 is 2.08 bits per heavy atom. The monoisotopic (exact) mass is 265 g/mol. The van der Waals surface area contributed by atoms with Crippen LogP contribution >= 0.6 is 27.5 Å². The summed E-state index contributed by atoms with van der Waals surface area (Å²) in [4.78, 5) is 3.55. The van der Waals surface area contributed by atoms with Crippen LogP contribution in [-0.4, -0.2) is 5.96 Å². The van der Waals surface area contributed by atoms with E-state index < -0.39 is 5.82 Å². The normalized spacial score (nSPS) is 9.77. The molecule has 70 valence electrons. The second-order valence-corrected chi connectivity index (χ2v) is 3.52. The number of nitrogens with two attached hydrogens (primary N) is 2. The van der Waals surface area contributed by atoms with Gasteiger partial charge in [0, 0.05) is 4.47 Å². The quantitative estimate of drug-likeness (QED) is 0.465. The summed E-state index contributed by atoms with van der Waals surface area (Å²) in [6, 6.07) is 2.53. The molecule has 13 heavy (non-hydrogen) atoms. The fourth-order valence-electron chi connectivity index (χ4n) is 0.737. The van der Waals surface area contributed by atoms with Gasteiger partial charge in [-0.05, 0) is 28.1 Å². The Morgan fingerprint density at radius 1 is 1.46 bits per heavy atom. The second-order valence-electron chi connectivity index (χ2n) is 2.25. The van der Waals surface area contributed by atoms with Gasteiger partial charge in [-0.2, -0.15) is 0 Å². The van der Waals surface area contributed by atoms with E-state index in [0.717, 1.165) is 0 Å². The maximum Gasteiger partial charge on any atom is 0.191 e. The van der Waals surface area contributed by atoms with Gasteiger partial charge in [0.25, 0.3) is 0 Å². The molecule has 0 aliphatic heterocycles. The van der Waals surface area contributed by atoms with Crippen LogP contribution in [0.3, 0.4) is 0 Å². The molecule has 0 unspecified atom stereocenters. The smallest absolute Gasteiger partial charge is 0.191 e. The molecule has 3 nitrogen and oxygen atoms in total. The Hall–Kier alpha value is -0.810. The van der Waals surface area contributed by atoms with Crippen molar-refractivity contribution in [2.75, 3.05) is 0 Å². The number of aliphatic imine (C=N–C) groups is 1. The molecule has 0 saturated heterocycles. The Labute approximate surface area is 87.7 Å². The van der Waals surface area contributed by atoms with Crippen molar-refractivity contribution in [3.05, 3.63) is 27.4 Å². The van der Waals surface area contributed by atoms with Crippen molar-refractivity contribution in [2.45, 2.75) is 0 Å². The molecule has 0 atom stereocenters. The summed E-state index contributed by atoms with van der Waals surface area (Å²) in [7, 11) is 0. The van der Waals surface area contributed by atoms with E-state index in [9.17, 15) is 4.39 Å². The first-order valence-electron chi connectivity index (χ1n) is 3.25. The van der Waals surface area contributed by atoms with Crippen LogP contribution in [0.5, 0.6) is 0 Å². The third-order valence-electron chi connectivity index (χ3n) is 1.24. The molecule has 0 amide bonds. The van der Waals surface area contributed by atoms with E-state index in [0.29, 0.717) is 9.50 Å². The van der Waals surface area contributed by atoms with Crippen molar-refractivity contribution in [1.29, 1.82) is 0 Å². The van der Waals surface area contributed by atoms with E-state index in [1.54, 1.807) is 0 Å². The fraction of sp³-hybridized carbons (Fsp3) is 0. The average Bonchev–Trinajstić information content (AvgIpc) is 1.99. The molecule has 0 aromatic heterocycles. The first-order chi connectivity index (χ1) is 6.00. The summed E-state index contributed by atoms with van der Waals surface area (Å²) in [5.41, 5.74) is 10.2. The number of rotatable bonds is 1. The van der Waals surface area contributed by atoms with E-state index in [2.05, 4.69) is 20.9 Å². The van der Waals surface area contributed by atoms with Gasteiger partial charge in [-0.1, -0.05) is 11.6 Å². The lowest BCUT2D eigenvalue weighted by atomic mass is 10.3. The van der Waals surface area contributed by atoms with E-state index in [4.69, 9.17) is 23.1 Å². The summed E-state index contributed by atoms with van der Waals surface area (Å²) in [5.74, 6) is -0.748. The lowest BCUT2D eigenvalue weighted by Crippen LogP contribution is -2.22. The van der Waals surface area contributed by atoms with Crippen molar-refractivity contribution in [1.82, 2.24) is 0 Å². The molecule has 6 heteroatoms. The van der Waals surface area contributed by atoms with Gasteiger partial charge in [0.15, 0.2) is 5.96 Å². The largest absolute Gasteiger partial charge is 0.370 e. The number of hydrogen-bond acceptors (Lipinski definition) is 1. The van der Waals surface area contributed by atoms with E-state index in [1.807, 2.05) is 0 Å². The zero-order chi connectivity index (χ0) is 10.0. The summed E-state index contributed by atoms with van der Waals surface area (Å²) < 4.78 is 13.5. The summed E-state index contributed by atoms with van der Waals surface area (Å²) in [6.45, 7) is 0. The molecule has 4 N–H and O–H groups in total. The minimum Gasteiger partial charge on any atom is -0.370 e. The zero-order valence-corrected chi connectivity index (χ0v) is 8.73. The fourth-order valence-corrected chi connectivity index (χ4v) is 1.21. The highest BCUT2D eigenvalue weighted by Gasteiger charge is 2.05. The van der Waals surface area contributed by atoms with Gasteiger partial charge < -0.3 is 11.5 Å². The minimum atomic E-state index is -0.537. The third-order valence-corrected chi connectivity index (χ3v) is 2.44. The van der Waals surface area contributed by atoms with E-state index in [1.165, 1.54) is 12.1 Å². The maximum atomic E-state index is 13.1. The van der Waals surface area contributed by atoms with Gasteiger partial charge >= 0.3 is 0 Å². The summed E-state index contributed by atoms with van der Waals surface area (Å²) >= 11 is 8.77. The summed E-state index contributed by atoms with van der Waals surface area (Å²) in [5, 5.41) is 0.349. The second kappa shape index (κ2) is 3.93. The van der Waals surface area contributed by atoms with Gasteiger partial charge in [0.2, 0.25) is 0 Å². The Kier molecular flexibility index (Phi) is 3.11. The van der Waals surface area contributed by atoms with Crippen molar-refractivity contribution < 1.29 is 4.39 Å².